The highest BCUT2D eigenvalue weighted by molar-refractivity contribution is 8.45. The molecule has 0 aliphatic carbocycles. The van der Waals surface area contributed by atoms with Crippen LogP contribution in [0.25, 0.3) is 22.2 Å². The lowest BCUT2D eigenvalue weighted by Gasteiger charge is -2.41. The number of aromatic nitrogens is 2. The Kier molecular flexibility index (Phi) is 5.80. The highest BCUT2D eigenvalue weighted by Crippen LogP contribution is 3.02. The van der Waals surface area contributed by atoms with E-state index in [-0.39, 0.29) is 39.6 Å². The molecule has 1 N–H and O–H groups in total. The van der Waals surface area contributed by atoms with Crippen LogP contribution in [0.5, 0.6) is 0 Å². The molecule has 1 unspecified atom stereocenters. The Hall–Kier alpha value is -3.64. The number of nitriles is 1. The second-order valence-corrected chi connectivity index (χ2v) is 11.6. The first kappa shape index (κ1) is 25.5. The summed E-state index contributed by atoms with van der Waals surface area (Å²) in [6.07, 6.45) is 4.87. The fourth-order valence-electron chi connectivity index (χ4n) is 3.34. The zero-order valence-corrected chi connectivity index (χ0v) is 19.6. The maximum Gasteiger partial charge on any atom is 0.310 e. The quantitative estimate of drug-likeness (QED) is 0.195. The maximum atomic E-state index is 14.6. The number of rotatable bonds is 6. The van der Waals surface area contributed by atoms with Crippen molar-refractivity contribution in [3.63, 3.8) is 0 Å². The predicted octanol–water partition coefficient (Wildman–Crippen LogP) is 7.98. The van der Waals surface area contributed by atoms with Gasteiger partial charge < -0.3 is 9.73 Å². The minimum Gasteiger partial charge on any atom is -0.464 e. The van der Waals surface area contributed by atoms with Crippen molar-refractivity contribution in [2.24, 2.45) is 4.36 Å². The molecule has 15 heteroatoms. The standard InChI is InChI=1S/C21H14F7N5OS2/c1-35(31-11-29)10-12-6-13(8-14(7-12)36(24,25,26,27)28)32-21-30-9-18(23)19(33-21)16-2-3-17(22)15-4-5-34-20(15)16/h2-9H,10H2,1H3,(H,30,32,33). The van der Waals surface area contributed by atoms with Crippen molar-refractivity contribution >= 4 is 43.5 Å². The van der Waals surface area contributed by atoms with Crippen LogP contribution in [0.1, 0.15) is 5.56 Å². The molecule has 1 atom stereocenters. The van der Waals surface area contributed by atoms with E-state index >= 15 is 0 Å². The van der Waals surface area contributed by atoms with Gasteiger partial charge in [-0.3, -0.25) is 0 Å². The van der Waals surface area contributed by atoms with Crippen molar-refractivity contribution < 1.29 is 32.6 Å². The summed E-state index contributed by atoms with van der Waals surface area (Å²) in [7, 11) is -11.2. The van der Waals surface area contributed by atoms with Gasteiger partial charge in [0.2, 0.25) is 12.1 Å². The molecule has 0 radical (unpaired) electrons. The lowest BCUT2D eigenvalue weighted by molar-refractivity contribution is 0.364. The minimum absolute atomic E-state index is 0.0278. The molecule has 0 saturated heterocycles. The van der Waals surface area contributed by atoms with E-state index in [2.05, 4.69) is 19.6 Å². The molecule has 0 bridgehead atoms. The summed E-state index contributed by atoms with van der Waals surface area (Å²) in [6, 6.07) is 5.20. The summed E-state index contributed by atoms with van der Waals surface area (Å²) in [4.78, 5) is 5.45. The number of halogens is 7. The second-order valence-electron chi connectivity index (χ2n) is 7.54. The molecule has 2 aromatic carbocycles. The van der Waals surface area contributed by atoms with Crippen LogP contribution >= 0.6 is 10.2 Å². The number of benzene rings is 2. The van der Waals surface area contributed by atoms with E-state index in [0.29, 0.717) is 12.3 Å². The van der Waals surface area contributed by atoms with Gasteiger partial charge in [-0.05, 0) is 48.2 Å². The lowest BCUT2D eigenvalue weighted by Crippen LogP contribution is -2.09. The Morgan fingerprint density at radius 2 is 1.83 bits per heavy atom. The van der Waals surface area contributed by atoms with Gasteiger partial charge >= 0.3 is 10.2 Å². The van der Waals surface area contributed by atoms with Crippen molar-refractivity contribution in [2.45, 2.75) is 10.6 Å². The van der Waals surface area contributed by atoms with Crippen LogP contribution in [0.3, 0.4) is 0 Å². The molecule has 0 amide bonds. The fourth-order valence-corrected chi connectivity index (χ4v) is 4.92. The van der Waals surface area contributed by atoms with E-state index in [1.165, 1.54) is 30.8 Å². The first-order valence-corrected chi connectivity index (χ1v) is 13.4. The third-order valence-electron chi connectivity index (χ3n) is 4.80. The SMILES string of the molecule is CS(Cc1cc(Nc2ncc(F)c(-c3ccc(F)c4ccoc34)n2)cc(S(F)(F)(F)(F)F)c1)=NC#N. The zero-order valence-electron chi connectivity index (χ0n) is 18.0. The molecule has 0 spiro atoms. The van der Waals surface area contributed by atoms with E-state index in [1.54, 1.807) is 0 Å². The lowest BCUT2D eigenvalue weighted by atomic mass is 10.1. The summed E-state index contributed by atoms with van der Waals surface area (Å²) >= 11 is 0. The molecule has 4 aromatic rings. The molecule has 6 nitrogen and oxygen atoms in total. The third-order valence-corrected chi connectivity index (χ3v) is 7.07. The summed E-state index contributed by atoms with van der Waals surface area (Å²) in [5.74, 6) is -2.21. The van der Waals surface area contributed by atoms with Crippen molar-refractivity contribution in [3.05, 3.63) is 66.1 Å². The number of hydrogen-bond donors (Lipinski definition) is 1. The van der Waals surface area contributed by atoms with Gasteiger partial charge in [0.05, 0.1) is 17.8 Å². The number of hydrogen-bond acceptors (Lipinski definition) is 6. The average Bonchev–Trinajstić information content (AvgIpc) is 3.25. The van der Waals surface area contributed by atoms with Gasteiger partial charge in [0.1, 0.15) is 22.0 Å². The van der Waals surface area contributed by atoms with Crippen LogP contribution < -0.4 is 5.32 Å². The molecule has 36 heavy (non-hydrogen) atoms. The largest absolute Gasteiger partial charge is 0.464 e. The predicted molar refractivity (Wildman–Crippen MR) is 123 cm³/mol. The first-order valence-electron chi connectivity index (χ1n) is 9.71. The van der Waals surface area contributed by atoms with Gasteiger partial charge in [0.25, 0.3) is 0 Å². The van der Waals surface area contributed by atoms with Crippen LogP contribution in [0.4, 0.5) is 39.8 Å². The van der Waals surface area contributed by atoms with Gasteiger partial charge in [-0.1, -0.05) is 30.1 Å². The number of nitrogens with zero attached hydrogens (tertiary/aromatic N) is 4. The minimum atomic E-state index is -10.1. The number of anilines is 2. The maximum absolute atomic E-state index is 14.6. The van der Waals surface area contributed by atoms with Crippen molar-refractivity contribution in [1.29, 1.82) is 5.26 Å². The van der Waals surface area contributed by atoms with E-state index < -0.39 is 49.1 Å². The molecular formula is C21H14F7N5OS2. The molecule has 2 aromatic heterocycles. The van der Waals surface area contributed by atoms with Crippen molar-refractivity contribution in [3.8, 4) is 17.5 Å². The molecule has 0 aliphatic rings. The highest BCUT2D eigenvalue weighted by Gasteiger charge is 2.65. The van der Waals surface area contributed by atoms with Gasteiger partial charge in [-0.25, -0.2) is 18.7 Å². The Bertz CT molecular complexity index is 1580. The van der Waals surface area contributed by atoms with Gasteiger partial charge in [0, 0.05) is 17.0 Å². The Morgan fingerprint density at radius 1 is 1.08 bits per heavy atom. The molecule has 2 heterocycles. The van der Waals surface area contributed by atoms with E-state index in [9.17, 15) is 28.2 Å². The monoisotopic (exact) mass is 549 g/mol. The van der Waals surface area contributed by atoms with Crippen LogP contribution in [0.15, 0.2) is 62.5 Å². The fraction of sp³-hybridized carbons (Fsp3) is 0.0952. The topological polar surface area (TPSA) is 87.1 Å². The molecule has 190 valence electrons. The smallest absolute Gasteiger partial charge is 0.310 e. The summed E-state index contributed by atoms with van der Waals surface area (Å²) in [6.45, 7) is 0. The van der Waals surface area contributed by atoms with Crippen LogP contribution in [0.2, 0.25) is 0 Å². The van der Waals surface area contributed by atoms with Crippen LogP contribution in [-0.4, -0.2) is 16.2 Å². The first-order chi connectivity index (χ1) is 16.6. The van der Waals surface area contributed by atoms with Gasteiger partial charge in [-0.2, -0.15) is 9.62 Å². The summed E-state index contributed by atoms with van der Waals surface area (Å²) in [5.41, 5.74) is -0.982. The summed E-state index contributed by atoms with van der Waals surface area (Å²) in [5, 5.41) is 11.1. The summed E-state index contributed by atoms with van der Waals surface area (Å²) < 4.78 is 105. The molecule has 4 rings (SSSR count). The number of furan rings is 1. The highest BCUT2D eigenvalue weighted by atomic mass is 32.5. The normalized spacial score (nSPS) is 14.8. The Labute approximate surface area is 201 Å². The molecule has 0 saturated carbocycles. The molecule has 0 fully saturated rings. The van der Waals surface area contributed by atoms with Gasteiger partial charge in [-0.15, -0.1) is 0 Å². The Balaban J connectivity index is 1.80. The molecular weight excluding hydrogens is 535 g/mol. The number of nitrogens with one attached hydrogen (secondary N) is 1. The Morgan fingerprint density at radius 3 is 2.53 bits per heavy atom. The van der Waals surface area contributed by atoms with Crippen molar-refractivity contribution in [1.82, 2.24) is 9.97 Å². The van der Waals surface area contributed by atoms with Crippen LogP contribution in [-0.2, 0) is 16.4 Å². The second kappa shape index (κ2) is 8.20. The van der Waals surface area contributed by atoms with Gasteiger partial charge in [0.15, 0.2) is 5.82 Å². The van der Waals surface area contributed by atoms with E-state index in [1.807, 2.05) is 0 Å². The number of fused-ring (bicyclic) bond motifs is 1. The van der Waals surface area contributed by atoms with Crippen molar-refractivity contribution in [2.75, 3.05) is 11.6 Å². The van der Waals surface area contributed by atoms with Crippen LogP contribution in [0, 0.1) is 23.1 Å². The van der Waals surface area contributed by atoms with E-state index in [4.69, 9.17) is 9.68 Å². The average molecular weight is 549 g/mol. The third kappa shape index (κ3) is 5.44. The van der Waals surface area contributed by atoms with E-state index in [0.717, 1.165) is 12.1 Å². The molecule has 0 aliphatic heterocycles. The zero-order chi connectivity index (χ0) is 26.4.